The van der Waals surface area contributed by atoms with Crippen molar-refractivity contribution >= 4 is 29.1 Å². The SMILES string of the molecule is O=C(Nc1ccc2c(c1)OCCCO2)[C@H]1CC(=O)N(Cc2ccccc2Cl)C1. The van der Waals surface area contributed by atoms with Gasteiger partial charge in [-0.2, -0.15) is 0 Å². The zero-order chi connectivity index (χ0) is 19.5. The van der Waals surface area contributed by atoms with Crippen molar-refractivity contribution in [2.45, 2.75) is 19.4 Å². The van der Waals surface area contributed by atoms with Crippen LogP contribution in [0.2, 0.25) is 5.02 Å². The highest BCUT2D eigenvalue weighted by Crippen LogP contribution is 2.33. The van der Waals surface area contributed by atoms with E-state index < -0.39 is 5.92 Å². The summed E-state index contributed by atoms with van der Waals surface area (Å²) in [6.07, 6.45) is 1.02. The fourth-order valence-corrected chi connectivity index (χ4v) is 3.61. The van der Waals surface area contributed by atoms with E-state index in [-0.39, 0.29) is 18.2 Å². The maximum Gasteiger partial charge on any atom is 0.229 e. The predicted molar refractivity (Wildman–Crippen MR) is 106 cm³/mol. The molecular weight excluding hydrogens is 380 g/mol. The van der Waals surface area contributed by atoms with Gasteiger partial charge in [0.05, 0.1) is 19.1 Å². The zero-order valence-corrected chi connectivity index (χ0v) is 16.1. The van der Waals surface area contributed by atoms with Crippen molar-refractivity contribution in [2.24, 2.45) is 5.92 Å². The van der Waals surface area contributed by atoms with Gasteiger partial charge in [-0.05, 0) is 23.8 Å². The molecule has 2 aromatic rings. The molecule has 0 aromatic heterocycles. The number of hydrogen-bond acceptors (Lipinski definition) is 4. The standard InChI is InChI=1S/C21H21ClN2O4/c22-17-5-2-1-4-14(17)12-24-13-15(10-20(24)25)21(26)23-16-6-7-18-19(11-16)28-9-3-8-27-18/h1-2,4-7,11,15H,3,8-10,12-13H2,(H,23,26)/t15-/m0/s1. The molecule has 0 spiro atoms. The molecule has 0 bridgehead atoms. The van der Waals surface area contributed by atoms with Crippen molar-refractivity contribution in [3.05, 3.63) is 53.1 Å². The summed E-state index contributed by atoms with van der Waals surface area (Å²) < 4.78 is 11.3. The molecule has 1 atom stereocenters. The summed E-state index contributed by atoms with van der Waals surface area (Å²) in [6, 6.07) is 12.8. The summed E-state index contributed by atoms with van der Waals surface area (Å²) in [6.45, 7) is 1.98. The number of fused-ring (bicyclic) bond motifs is 1. The minimum Gasteiger partial charge on any atom is -0.490 e. The number of amides is 2. The summed E-state index contributed by atoms with van der Waals surface area (Å²) in [4.78, 5) is 26.7. The molecule has 0 saturated carbocycles. The molecule has 2 heterocycles. The first kappa shape index (κ1) is 18.6. The van der Waals surface area contributed by atoms with Crippen molar-refractivity contribution in [3.8, 4) is 11.5 Å². The molecule has 7 heteroatoms. The predicted octanol–water partition coefficient (Wildman–Crippen LogP) is 3.49. The number of likely N-dealkylation sites (tertiary alicyclic amines) is 1. The van der Waals surface area contributed by atoms with Gasteiger partial charge < -0.3 is 19.7 Å². The lowest BCUT2D eigenvalue weighted by Crippen LogP contribution is -2.28. The molecule has 1 saturated heterocycles. The number of anilines is 1. The third-order valence-corrected chi connectivity index (χ3v) is 5.29. The van der Waals surface area contributed by atoms with E-state index in [1.165, 1.54) is 0 Å². The smallest absolute Gasteiger partial charge is 0.229 e. The highest BCUT2D eigenvalue weighted by atomic mass is 35.5. The first-order valence-corrected chi connectivity index (χ1v) is 9.69. The van der Waals surface area contributed by atoms with Crippen LogP contribution in [0.4, 0.5) is 5.69 Å². The van der Waals surface area contributed by atoms with Crippen molar-refractivity contribution in [1.82, 2.24) is 4.90 Å². The molecule has 2 amide bonds. The average molecular weight is 401 g/mol. The Hall–Kier alpha value is -2.73. The van der Waals surface area contributed by atoms with E-state index in [4.69, 9.17) is 21.1 Å². The van der Waals surface area contributed by atoms with Crippen LogP contribution in [0.25, 0.3) is 0 Å². The number of ether oxygens (including phenoxy) is 2. The monoisotopic (exact) mass is 400 g/mol. The van der Waals surface area contributed by atoms with E-state index >= 15 is 0 Å². The van der Waals surface area contributed by atoms with Gasteiger partial charge >= 0.3 is 0 Å². The Morgan fingerprint density at radius 2 is 1.93 bits per heavy atom. The van der Waals surface area contributed by atoms with Crippen LogP contribution in [0, 0.1) is 5.92 Å². The molecule has 2 aromatic carbocycles. The summed E-state index contributed by atoms with van der Waals surface area (Å²) in [5.41, 5.74) is 1.51. The number of carbonyl (C=O) groups is 2. The van der Waals surface area contributed by atoms with E-state index in [1.807, 2.05) is 18.2 Å². The number of nitrogens with one attached hydrogen (secondary N) is 1. The molecule has 4 rings (SSSR count). The lowest BCUT2D eigenvalue weighted by Gasteiger charge is -2.17. The maximum absolute atomic E-state index is 12.7. The molecule has 0 aliphatic carbocycles. The van der Waals surface area contributed by atoms with Crippen LogP contribution < -0.4 is 14.8 Å². The number of rotatable bonds is 4. The van der Waals surface area contributed by atoms with Gasteiger partial charge in [0.1, 0.15) is 0 Å². The second kappa shape index (κ2) is 8.10. The maximum atomic E-state index is 12.7. The van der Waals surface area contributed by atoms with E-state index in [9.17, 15) is 9.59 Å². The second-order valence-corrected chi connectivity index (χ2v) is 7.38. The third-order valence-electron chi connectivity index (χ3n) is 4.92. The third kappa shape index (κ3) is 4.07. The summed E-state index contributed by atoms with van der Waals surface area (Å²) in [7, 11) is 0. The molecule has 1 fully saturated rings. The van der Waals surface area contributed by atoms with Crippen LogP contribution in [0.15, 0.2) is 42.5 Å². The van der Waals surface area contributed by atoms with Gasteiger partial charge in [-0.15, -0.1) is 0 Å². The van der Waals surface area contributed by atoms with Crippen molar-refractivity contribution in [3.63, 3.8) is 0 Å². The van der Waals surface area contributed by atoms with Crippen LogP contribution in [0.1, 0.15) is 18.4 Å². The molecule has 2 aliphatic rings. The van der Waals surface area contributed by atoms with E-state index in [2.05, 4.69) is 5.32 Å². The quantitative estimate of drug-likeness (QED) is 0.853. The molecule has 0 radical (unpaired) electrons. The van der Waals surface area contributed by atoms with Gasteiger partial charge in [0.2, 0.25) is 11.8 Å². The fraction of sp³-hybridized carbons (Fsp3) is 0.333. The van der Waals surface area contributed by atoms with Crippen molar-refractivity contribution in [1.29, 1.82) is 0 Å². The Kier molecular flexibility index (Phi) is 5.39. The van der Waals surface area contributed by atoms with Crippen LogP contribution in [0.5, 0.6) is 11.5 Å². The molecule has 0 unspecified atom stereocenters. The van der Waals surface area contributed by atoms with Crippen molar-refractivity contribution in [2.75, 3.05) is 25.1 Å². The first-order chi connectivity index (χ1) is 13.6. The van der Waals surface area contributed by atoms with E-state index in [0.29, 0.717) is 48.5 Å². The van der Waals surface area contributed by atoms with Gasteiger partial charge in [-0.25, -0.2) is 0 Å². The van der Waals surface area contributed by atoms with Crippen LogP contribution in [-0.4, -0.2) is 36.5 Å². The molecule has 28 heavy (non-hydrogen) atoms. The molecule has 1 N–H and O–H groups in total. The summed E-state index contributed by atoms with van der Waals surface area (Å²) in [5, 5.41) is 3.51. The van der Waals surface area contributed by atoms with Gasteiger partial charge in [0.25, 0.3) is 0 Å². The summed E-state index contributed by atoms with van der Waals surface area (Å²) >= 11 is 6.19. The minimum atomic E-state index is -0.397. The van der Waals surface area contributed by atoms with Crippen LogP contribution in [0.3, 0.4) is 0 Å². The fourth-order valence-electron chi connectivity index (χ4n) is 3.42. The average Bonchev–Trinajstić information content (AvgIpc) is 2.90. The molecule has 6 nitrogen and oxygen atoms in total. The number of hydrogen-bond donors (Lipinski definition) is 1. The lowest BCUT2D eigenvalue weighted by molar-refractivity contribution is -0.128. The second-order valence-electron chi connectivity index (χ2n) is 6.97. The molecule has 146 valence electrons. The minimum absolute atomic E-state index is 0.0428. The number of carbonyl (C=O) groups excluding carboxylic acids is 2. The topological polar surface area (TPSA) is 67.9 Å². The Bertz CT molecular complexity index is 902. The largest absolute Gasteiger partial charge is 0.490 e. The number of benzene rings is 2. The summed E-state index contributed by atoms with van der Waals surface area (Å²) in [5.74, 6) is 0.685. The van der Waals surface area contributed by atoms with E-state index in [0.717, 1.165) is 12.0 Å². The Labute approximate surface area is 168 Å². The van der Waals surface area contributed by atoms with Gasteiger partial charge in [-0.1, -0.05) is 29.8 Å². The molecular formula is C21H21ClN2O4. The highest BCUT2D eigenvalue weighted by Gasteiger charge is 2.34. The van der Waals surface area contributed by atoms with Crippen molar-refractivity contribution < 1.29 is 19.1 Å². The van der Waals surface area contributed by atoms with Crippen LogP contribution >= 0.6 is 11.6 Å². The first-order valence-electron chi connectivity index (χ1n) is 9.32. The van der Waals surface area contributed by atoms with Crippen LogP contribution in [-0.2, 0) is 16.1 Å². The van der Waals surface area contributed by atoms with Gasteiger partial charge in [-0.3, -0.25) is 9.59 Å². The zero-order valence-electron chi connectivity index (χ0n) is 15.3. The van der Waals surface area contributed by atoms with E-state index in [1.54, 1.807) is 29.2 Å². The lowest BCUT2D eigenvalue weighted by atomic mass is 10.1. The Morgan fingerprint density at radius 1 is 1.14 bits per heavy atom. The highest BCUT2D eigenvalue weighted by molar-refractivity contribution is 6.31. The normalized spacial score (nSPS) is 18.7. The number of nitrogens with zero attached hydrogens (tertiary/aromatic N) is 1. The Morgan fingerprint density at radius 3 is 2.75 bits per heavy atom. The number of halogens is 1. The Balaban J connectivity index is 1.40. The van der Waals surface area contributed by atoms with Gasteiger partial charge in [0, 0.05) is 42.7 Å². The molecule has 2 aliphatic heterocycles. The van der Waals surface area contributed by atoms with Gasteiger partial charge in [0.15, 0.2) is 11.5 Å².